The maximum absolute atomic E-state index is 14.8. The van der Waals surface area contributed by atoms with Gasteiger partial charge in [-0.15, -0.1) is 0 Å². The molecule has 3 amide bonds. The van der Waals surface area contributed by atoms with Gasteiger partial charge in [0.25, 0.3) is 10.1 Å². The van der Waals surface area contributed by atoms with E-state index in [-0.39, 0.29) is 63.9 Å². The van der Waals surface area contributed by atoms with Gasteiger partial charge in [0.1, 0.15) is 18.4 Å². The number of benzene rings is 6. The normalized spacial score (nSPS) is 18.4. The largest absolute Gasteiger partial charge is 0.486 e. The van der Waals surface area contributed by atoms with Gasteiger partial charge in [-0.2, -0.15) is 8.42 Å². The molecule has 12 nitrogen and oxygen atoms in total. The van der Waals surface area contributed by atoms with Gasteiger partial charge in [0.15, 0.2) is 11.6 Å². The number of Topliss-reactive ketones (excluding diaryl/α,β-unsaturated/α-hetero) is 2. The molecule has 2 heterocycles. The van der Waals surface area contributed by atoms with Crippen LogP contribution in [0.4, 0.5) is 0 Å². The maximum atomic E-state index is 14.8. The molecule has 0 aromatic heterocycles. The molecule has 0 saturated carbocycles. The van der Waals surface area contributed by atoms with E-state index in [0.717, 1.165) is 38.9 Å². The Hall–Kier alpha value is -7.22. The highest BCUT2D eigenvalue weighted by molar-refractivity contribution is 7.85. The molecule has 0 spiro atoms. The molecule has 6 aromatic rings. The van der Waals surface area contributed by atoms with Gasteiger partial charge in [-0.25, -0.2) is 0 Å². The number of rotatable bonds is 14. The Bertz CT molecular complexity index is 2770. The van der Waals surface area contributed by atoms with Crippen molar-refractivity contribution in [2.75, 3.05) is 18.9 Å². The fraction of sp³-hybridized carbons (Fsp3) is 0.268. The van der Waals surface area contributed by atoms with E-state index >= 15 is 0 Å². The molecular weight excluding hydrogens is 891 g/mol. The number of hydrogen-bond donors (Lipinski definition) is 4. The average molecular weight is 948 g/mol. The minimum absolute atomic E-state index is 0.0464. The summed E-state index contributed by atoms with van der Waals surface area (Å²) in [6.45, 7) is -0.383. The van der Waals surface area contributed by atoms with Crippen molar-refractivity contribution < 1.29 is 41.7 Å². The lowest BCUT2D eigenvalue weighted by atomic mass is 9.89. The molecule has 4 atom stereocenters. The molecule has 2 bridgehead atoms. The molecule has 0 radical (unpaired) electrons. The van der Waals surface area contributed by atoms with Gasteiger partial charge in [0.05, 0.1) is 11.8 Å². The van der Waals surface area contributed by atoms with Crippen LogP contribution in [0.25, 0.3) is 22.3 Å². The minimum Gasteiger partial charge on any atom is -0.486 e. The van der Waals surface area contributed by atoms with Gasteiger partial charge in [-0.3, -0.25) is 28.5 Å². The molecule has 0 unspecified atom stereocenters. The zero-order valence-corrected chi connectivity index (χ0v) is 39.1. The van der Waals surface area contributed by atoms with Crippen LogP contribution in [0.3, 0.4) is 0 Å². The summed E-state index contributed by atoms with van der Waals surface area (Å²) >= 11 is 0. The molecule has 2 aliphatic rings. The molecule has 2 aliphatic heterocycles. The molecular formula is C56H57N3O9S. The zero-order chi connectivity index (χ0) is 48.6. The second-order valence-corrected chi connectivity index (χ2v) is 19.1. The number of ether oxygens (including phenoxy) is 1. The smallest absolute Gasteiger partial charge is 0.264 e. The Labute approximate surface area is 403 Å². The van der Waals surface area contributed by atoms with Crippen LogP contribution in [0.2, 0.25) is 0 Å². The van der Waals surface area contributed by atoms with E-state index in [1.165, 1.54) is 0 Å². The van der Waals surface area contributed by atoms with E-state index in [2.05, 4.69) is 16.0 Å². The molecule has 13 heteroatoms. The van der Waals surface area contributed by atoms with Crippen molar-refractivity contribution in [1.29, 1.82) is 0 Å². The zero-order valence-electron chi connectivity index (χ0n) is 38.3. The predicted octanol–water partition coefficient (Wildman–Crippen LogP) is 7.59. The first kappa shape index (κ1) is 49.7. The second kappa shape index (κ2) is 24.2. The Morgan fingerprint density at radius 1 is 0.594 bits per heavy atom. The minimum atomic E-state index is -4.25. The van der Waals surface area contributed by atoms with Gasteiger partial charge < -0.3 is 20.7 Å². The number of carbonyl (C=O) groups excluding carboxylic acids is 5. The summed E-state index contributed by atoms with van der Waals surface area (Å²) < 4.78 is 37.9. The SMILES string of the molecule is O=C1COc2ccc(cc2)C[C@@H](C(=O)NCCCS(=O)(=O)O)CC(=O)[C@H](CCc2ccccc2)NC(=O)[C@@H](Cc2ccc(-c3ccccc3)cc2)NC(=O)[C@H](Cc2ccc(-c3ccccc3)cc2)C1. The molecule has 69 heavy (non-hydrogen) atoms. The monoisotopic (exact) mass is 947 g/mol. The quantitative estimate of drug-likeness (QED) is 0.0631. The van der Waals surface area contributed by atoms with E-state index in [0.29, 0.717) is 17.7 Å². The Morgan fingerprint density at radius 3 is 1.71 bits per heavy atom. The number of aryl methyl sites for hydroxylation is 1. The summed E-state index contributed by atoms with van der Waals surface area (Å²) in [7, 11) is -4.25. The lowest BCUT2D eigenvalue weighted by molar-refractivity contribution is -0.135. The topological polar surface area (TPSA) is 185 Å². The van der Waals surface area contributed by atoms with E-state index < -0.39 is 63.3 Å². The molecule has 356 valence electrons. The Balaban J connectivity index is 1.21. The first-order valence-electron chi connectivity index (χ1n) is 23.3. The Morgan fingerprint density at radius 2 is 1.13 bits per heavy atom. The number of carbonyl (C=O) groups is 5. The van der Waals surface area contributed by atoms with Crippen LogP contribution >= 0.6 is 0 Å². The first-order valence-corrected chi connectivity index (χ1v) is 24.9. The van der Waals surface area contributed by atoms with Crippen molar-refractivity contribution in [3.63, 3.8) is 0 Å². The third kappa shape index (κ3) is 15.4. The first-order chi connectivity index (χ1) is 33.3. The lowest BCUT2D eigenvalue weighted by Gasteiger charge is -2.26. The Kier molecular flexibility index (Phi) is 17.4. The number of hydrogen-bond acceptors (Lipinski definition) is 8. The van der Waals surface area contributed by atoms with Gasteiger partial charge in [-0.1, -0.05) is 152 Å². The third-order valence-electron chi connectivity index (χ3n) is 12.3. The summed E-state index contributed by atoms with van der Waals surface area (Å²) in [5.74, 6) is -4.35. The van der Waals surface area contributed by atoms with Crippen LogP contribution in [-0.4, -0.2) is 73.2 Å². The second-order valence-electron chi connectivity index (χ2n) is 17.6. The van der Waals surface area contributed by atoms with Gasteiger partial charge in [0.2, 0.25) is 17.7 Å². The van der Waals surface area contributed by atoms with E-state index in [9.17, 15) is 36.9 Å². The molecule has 8 rings (SSSR count). The van der Waals surface area contributed by atoms with Crippen molar-refractivity contribution in [1.82, 2.24) is 16.0 Å². The van der Waals surface area contributed by atoms with E-state index in [4.69, 9.17) is 4.74 Å². The van der Waals surface area contributed by atoms with Gasteiger partial charge in [0, 0.05) is 37.6 Å². The highest BCUT2D eigenvalue weighted by Crippen LogP contribution is 2.25. The molecule has 0 saturated heterocycles. The highest BCUT2D eigenvalue weighted by Gasteiger charge is 2.33. The van der Waals surface area contributed by atoms with Crippen LogP contribution in [0.15, 0.2) is 164 Å². The molecule has 4 N–H and O–H groups in total. The molecule has 6 aromatic carbocycles. The fourth-order valence-corrected chi connectivity index (χ4v) is 9.01. The van der Waals surface area contributed by atoms with Crippen LogP contribution in [-0.2, 0) is 59.8 Å². The summed E-state index contributed by atoms with van der Waals surface area (Å²) in [6.07, 6.45) is 0.463. The third-order valence-corrected chi connectivity index (χ3v) is 13.1. The number of nitrogens with one attached hydrogen (secondary N) is 3. The maximum Gasteiger partial charge on any atom is 0.264 e. The fourth-order valence-electron chi connectivity index (χ4n) is 8.50. The van der Waals surface area contributed by atoms with Crippen molar-refractivity contribution in [2.24, 2.45) is 11.8 Å². The van der Waals surface area contributed by atoms with Crippen molar-refractivity contribution in [3.05, 3.63) is 186 Å². The molecule has 0 aliphatic carbocycles. The van der Waals surface area contributed by atoms with Crippen LogP contribution in [0, 0.1) is 11.8 Å². The summed E-state index contributed by atoms with van der Waals surface area (Å²) in [5.41, 5.74) is 7.18. The van der Waals surface area contributed by atoms with Crippen LogP contribution < -0.4 is 20.7 Å². The van der Waals surface area contributed by atoms with Crippen molar-refractivity contribution in [2.45, 2.75) is 63.5 Å². The van der Waals surface area contributed by atoms with E-state index in [1.807, 2.05) is 140 Å². The highest BCUT2D eigenvalue weighted by atomic mass is 32.2. The van der Waals surface area contributed by atoms with Gasteiger partial charge in [-0.05, 0) is 88.7 Å². The van der Waals surface area contributed by atoms with Crippen LogP contribution in [0.1, 0.15) is 47.9 Å². The molecule has 0 fully saturated rings. The van der Waals surface area contributed by atoms with Crippen LogP contribution in [0.5, 0.6) is 5.75 Å². The summed E-state index contributed by atoms with van der Waals surface area (Å²) in [4.78, 5) is 71.6. The van der Waals surface area contributed by atoms with Crippen molar-refractivity contribution >= 4 is 39.4 Å². The number of ketones is 2. The van der Waals surface area contributed by atoms with Gasteiger partial charge >= 0.3 is 0 Å². The standard InChI is InChI=1S/C56H57N3O9S/c60-49-36-47(33-40-17-24-45(25-18-40)43-13-6-2-7-14-43)55(63)59-52(35-42-19-26-46(27-20-42)44-15-8-3-9-16-44)56(64)58-51(30-23-39-11-4-1-5-12-39)53(61)37-48(54(62)57-31-10-32-69(65,66)67)34-41-21-28-50(29-22-41)68-38-49/h1-9,11-22,24-29,47-48,51-52H,10,23,30-38H2,(H,57,62)(H,58,64)(H,59,63)(H,65,66,67)/t47-,48-,51+,52-/m1/s1. The lowest BCUT2D eigenvalue weighted by Crippen LogP contribution is -2.54. The summed E-state index contributed by atoms with van der Waals surface area (Å²) in [5, 5.41) is 8.70. The number of amides is 3. The van der Waals surface area contributed by atoms with E-state index in [1.54, 1.807) is 24.3 Å². The predicted molar refractivity (Wildman–Crippen MR) is 266 cm³/mol. The average Bonchev–Trinajstić information content (AvgIpc) is 3.36. The summed E-state index contributed by atoms with van der Waals surface area (Å²) in [6, 6.07) is 49.2. The van der Waals surface area contributed by atoms with Crippen molar-refractivity contribution in [3.8, 4) is 28.0 Å². The number of fused-ring (bicyclic) bond motifs is 16.